The van der Waals surface area contributed by atoms with Gasteiger partial charge in [-0.1, -0.05) is 12.8 Å². The molecule has 1 saturated carbocycles. The minimum Gasteiger partial charge on any atom is -0.453 e. The van der Waals surface area contributed by atoms with E-state index >= 15 is 0 Å². The number of hydrogen-bond acceptors (Lipinski definition) is 9. The molecule has 3 unspecified atom stereocenters. The lowest BCUT2D eigenvalue weighted by molar-refractivity contribution is -0.134. The molecule has 2 aromatic heterocycles. The van der Waals surface area contributed by atoms with E-state index in [0.29, 0.717) is 17.7 Å². The number of aromatic nitrogens is 4. The highest BCUT2D eigenvalue weighted by Gasteiger charge is 2.41. The number of fused-ring (bicyclic) bond motifs is 1. The standard InChI is InChI=1S/C21H27N7O5/c1-3-8-27(21(31)32-2)9-4-5-15-25-17(22)16-18(26-15)28(11-23-16)20-13(29)10-14(33-20)19(30)24-12-6-7-12/h11-14,20,29H,3,6-10H2,1-2H3,(H,24,30)(H2,22,25,26). The van der Waals surface area contributed by atoms with Crippen LogP contribution in [0.2, 0.25) is 0 Å². The number of ether oxygens (including phenoxy) is 2. The second-order valence-corrected chi connectivity index (χ2v) is 8.05. The number of aliphatic hydroxyl groups is 1. The molecule has 1 aliphatic carbocycles. The van der Waals surface area contributed by atoms with Crippen LogP contribution in [0.3, 0.4) is 0 Å². The summed E-state index contributed by atoms with van der Waals surface area (Å²) in [6.45, 7) is 2.59. The van der Waals surface area contributed by atoms with E-state index in [0.717, 1.165) is 19.3 Å². The Morgan fingerprint density at radius 2 is 2.21 bits per heavy atom. The van der Waals surface area contributed by atoms with Crippen molar-refractivity contribution in [2.75, 3.05) is 25.9 Å². The molecule has 0 bridgehead atoms. The van der Waals surface area contributed by atoms with Crippen molar-refractivity contribution in [1.82, 2.24) is 29.7 Å². The molecular formula is C21H27N7O5. The Kier molecular flexibility index (Phi) is 6.62. The molecule has 12 nitrogen and oxygen atoms in total. The predicted octanol–water partition coefficient (Wildman–Crippen LogP) is 0.165. The highest BCUT2D eigenvalue weighted by Crippen LogP contribution is 2.32. The molecule has 0 spiro atoms. The smallest absolute Gasteiger partial charge is 0.410 e. The van der Waals surface area contributed by atoms with Gasteiger partial charge in [0.25, 0.3) is 0 Å². The number of imidazole rings is 1. The molecule has 2 amide bonds. The molecule has 2 fully saturated rings. The van der Waals surface area contributed by atoms with E-state index < -0.39 is 24.5 Å². The van der Waals surface area contributed by atoms with Crippen LogP contribution in [-0.4, -0.2) is 80.0 Å². The van der Waals surface area contributed by atoms with Crippen LogP contribution in [-0.2, 0) is 14.3 Å². The summed E-state index contributed by atoms with van der Waals surface area (Å²) in [5.74, 6) is 5.70. The van der Waals surface area contributed by atoms with E-state index in [2.05, 4.69) is 32.1 Å². The Balaban J connectivity index is 1.54. The maximum Gasteiger partial charge on any atom is 0.410 e. The molecule has 33 heavy (non-hydrogen) atoms. The van der Waals surface area contributed by atoms with Crippen LogP contribution in [0.4, 0.5) is 10.6 Å². The van der Waals surface area contributed by atoms with E-state index in [4.69, 9.17) is 15.2 Å². The number of carbonyl (C=O) groups excluding carboxylic acids is 2. The van der Waals surface area contributed by atoms with Gasteiger partial charge >= 0.3 is 6.09 Å². The van der Waals surface area contributed by atoms with E-state index in [1.54, 1.807) is 0 Å². The summed E-state index contributed by atoms with van der Waals surface area (Å²) in [7, 11) is 1.32. The van der Waals surface area contributed by atoms with Crippen molar-refractivity contribution in [2.24, 2.45) is 0 Å². The number of hydrogen-bond donors (Lipinski definition) is 3. The average Bonchev–Trinajstić information content (AvgIpc) is 3.37. The third-order valence-corrected chi connectivity index (χ3v) is 5.42. The van der Waals surface area contributed by atoms with Crippen molar-refractivity contribution in [3.63, 3.8) is 0 Å². The summed E-state index contributed by atoms with van der Waals surface area (Å²) in [6, 6.07) is 0.201. The molecule has 4 N–H and O–H groups in total. The van der Waals surface area contributed by atoms with Crippen molar-refractivity contribution in [2.45, 2.75) is 57.1 Å². The van der Waals surface area contributed by atoms with E-state index in [1.807, 2.05) is 6.92 Å². The second kappa shape index (κ2) is 9.60. The fourth-order valence-corrected chi connectivity index (χ4v) is 3.62. The zero-order valence-corrected chi connectivity index (χ0v) is 18.5. The SMILES string of the molecule is CCCN(CC#Cc1nc(N)c2ncn(C3OC(C(=O)NC4CC4)CC3O)c2n1)C(=O)OC. The predicted molar refractivity (Wildman–Crippen MR) is 117 cm³/mol. The van der Waals surface area contributed by atoms with Gasteiger partial charge in [0.05, 0.1) is 20.0 Å². The summed E-state index contributed by atoms with van der Waals surface area (Å²) in [6.07, 6.45) is 1.30. The van der Waals surface area contributed by atoms with Crippen LogP contribution in [0.15, 0.2) is 6.33 Å². The molecule has 3 atom stereocenters. The van der Waals surface area contributed by atoms with E-state index in [9.17, 15) is 14.7 Å². The Morgan fingerprint density at radius 3 is 2.91 bits per heavy atom. The maximum absolute atomic E-state index is 12.3. The van der Waals surface area contributed by atoms with Crippen LogP contribution in [0.1, 0.15) is 44.7 Å². The lowest BCUT2D eigenvalue weighted by atomic mass is 10.2. The molecule has 1 saturated heterocycles. The van der Waals surface area contributed by atoms with Crippen molar-refractivity contribution in [3.05, 3.63) is 12.2 Å². The largest absolute Gasteiger partial charge is 0.453 e. The topological polar surface area (TPSA) is 158 Å². The van der Waals surface area contributed by atoms with Crippen LogP contribution in [0.25, 0.3) is 11.2 Å². The molecule has 1 aliphatic heterocycles. The molecule has 12 heteroatoms. The quantitative estimate of drug-likeness (QED) is 0.514. The molecule has 2 aromatic rings. The van der Waals surface area contributed by atoms with Crippen molar-refractivity contribution < 1.29 is 24.2 Å². The van der Waals surface area contributed by atoms with Gasteiger partial charge in [0.15, 0.2) is 17.7 Å². The zero-order valence-electron chi connectivity index (χ0n) is 18.5. The van der Waals surface area contributed by atoms with E-state index in [1.165, 1.54) is 22.9 Å². The maximum atomic E-state index is 12.3. The Hall–Kier alpha value is -3.43. The van der Waals surface area contributed by atoms with Crippen molar-refractivity contribution >= 4 is 29.0 Å². The van der Waals surface area contributed by atoms with Gasteiger partial charge in [-0.15, -0.1) is 0 Å². The molecule has 176 valence electrons. The van der Waals surface area contributed by atoms with Crippen LogP contribution in [0, 0.1) is 11.8 Å². The summed E-state index contributed by atoms with van der Waals surface area (Å²) < 4.78 is 12.1. The number of nitrogen functional groups attached to an aromatic ring is 1. The first-order valence-corrected chi connectivity index (χ1v) is 10.9. The monoisotopic (exact) mass is 457 g/mol. The Morgan fingerprint density at radius 1 is 1.42 bits per heavy atom. The molecule has 2 aliphatic rings. The number of carbonyl (C=O) groups is 2. The molecule has 0 radical (unpaired) electrons. The summed E-state index contributed by atoms with van der Waals surface area (Å²) in [5.41, 5.74) is 6.71. The Labute approximate surface area is 190 Å². The van der Waals surface area contributed by atoms with Crippen molar-refractivity contribution in [3.8, 4) is 11.8 Å². The van der Waals surface area contributed by atoms with Gasteiger partial charge in [-0.3, -0.25) is 14.3 Å². The zero-order chi connectivity index (χ0) is 23.5. The first-order chi connectivity index (χ1) is 15.9. The normalized spacial score (nSPS) is 22.0. The number of nitrogens with zero attached hydrogens (tertiary/aromatic N) is 5. The molecular weight excluding hydrogens is 430 g/mol. The number of nitrogens with one attached hydrogen (secondary N) is 1. The highest BCUT2D eigenvalue weighted by molar-refractivity contribution is 5.83. The summed E-state index contributed by atoms with van der Waals surface area (Å²) in [4.78, 5) is 38.4. The van der Waals surface area contributed by atoms with Crippen LogP contribution >= 0.6 is 0 Å². The molecule has 3 heterocycles. The van der Waals surface area contributed by atoms with Gasteiger partial charge in [0.2, 0.25) is 11.7 Å². The van der Waals surface area contributed by atoms with Gasteiger partial charge < -0.3 is 25.6 Å². The fourth-order valence-electron chi connectivity index (χ4n) is 3.62. The average molecular weight is 457 g/mol. The highest BCUT2D eigenvalue weighted by atomic mass is 16.5. The lowest BCUT2D eigenvalue weighted by Crippen LogP contribution is -2.35. The first-order valence-electron chi connectivity index (χ1n) is 10.9. The van der Waals surface area contributed by atoms with Gasteiger partial charge in [-0.2, -0.15) is 0 Å². The summed E-state index contributed by atoms with van der Waals surface area (Å²) in [5, 5.41) is 13.4. The first kappa shape index (κ1) is 22.8. The van der Waals surface area contributed by atoms with Gasteiger partial charge in [-0.05, 0) is 25.2 Å². The number of aliphatic hydroxyl groups excluding tert-OH is 1. The minimum absolute atomic E-state index is 0.122. The lowest BCUT2D eigenvalue weighted by Gasteiger charge is -2.17. The fraction of sp³-hybridized carbons (Fsp3) is 0.571. The van der Waals surface area contributed by atoms with Gasteiger partial charge in [-0.25, -0.2) is 19.7 Å². The number of methoxy groups -OCH3 is 1. The van der Waals surface area contributed by atoms with Crippen LogP contribution < -0.4 is 11.1 Å². The number of amides is 2. The molecule has 0 aromatic carbocycles. The third-order valence-electron chi connectivity index (χ3n) is 5.42. The minimum atomic E-state index is -0.925. The van der Waals surface area contributed by atoms with E-state index in [-0.39, 0.29) is 36.6 Å². The Bertz CT molecular complexity index is 1100. The second-order valence-electron chi connectivity index (χ2n) is 8.05. The third kappa shape index (κ3) is 4.99. The van der Waals surface area contributed by atoms with Crippen LogP contribution in [0.5, 0.6) is 0 Å². The number of nitrogens with two attached hydrogens (primary N) is 1. The van der Waals surface area contributed by atoms with Gasteiger partial charge in [0, 0.05) is 19.0 Å². The summed E-state index contributed by atoms with van der Waals surface area (Å²) >= 11 is 0. The number of rotatable bonds is 6. The van der Waals surface area contributed by atoms with Gasteiger partial charge in [0.1, 0.15) is 17.7 Å². The van der Waals surface area contributed by atoms with Crippen molar-refractivity contribution in [1.29, 1.82) is 0 Å². The molecule has 4 rings (SSSR count). The number of anilines is 1.